The normalized spacial score (nSPS) is 20.0. The Hall–Kier alpha value is -2.60. The van der Waals surface area contributed by atoms with Crippen molar-refractivity contribution in [3.8, 4) is 6.07 Å². The topological polar surface area (TPSA) is 52.9 Å². The first-order valence-electron chi connectivity index (χ1n) is 8.09. The van der Waals surface area contributed by atoms with Gasteiger partial charge in [0.25, 0.3) is 5.91 Å². The molecule has 2 unspecified atom stereocenters. The van der Waals surface area contributed by atoms with Crippen LogP contribution in [-0.4, -0.2) is 5.91 Å². The number of nitriles is 1. The summed E-state index contributed by atoms with van der Waals surface area (Å²) in [5, 5.41) is 11.8. The lowest BCUT2D eigenvalue weighted by molar-refractivity contribution is 0.102. The van der Waals surface area contributed by atoms with E-state index in [4.69, 9.17) is 5.26 Å². The molecule has 2 aromatic rings. The first-order chi connectivity index (χ1) is 11.2. The van der Waals surface area contributed by atoms with Crippen LogP contribution in [0.3, 0.4) is 0 Å². The van der Waals surface area contributed by atoms with E-state index in [0.29, 0.717) is 17.0 Å². The van der Waals surface area contributed by atoms with Crippen LogP contribution in [0.4, 0.5) is 5.69 Å². The SMILES string of the molecule is CC1CCCC1c1ccc(NC(=O)c2cccc(C#N)c2)cc1. The molecule has 3 rings (SSSR count). The van der Waals surface area contributed by atoms with Crippen LogP contribution in [-0.2, 0) is 0 Å². The highest BCUT2D eigenvalue weighted by molar-refractivity contribution is 6.04. The number of hydrogen-bond donors (Lipinski definition) is 1. The second-order valence-corrected chi connectivity index (χ2v) is 6.28. The monoisotopic (exact) mass is 304 g/mol. The average molecular weight is 304 g/mol. The molecule has 1 amide bonds. The van der Waals surface area contributed by atoms with Crippen LogP contribution in [0.2, 0.25) is 0 Å². The number of nitrogens with one attached hydrogen (secondary N) is 1. The third-order valence-corrected chi connectivity index (χ3v) is 4.71. The van der Waals surface area contributed by atoms with Crippen molar-refractivity contribution in [2.24, 2.45) is 5.92 Å². The molecule has 1 aliphatic rings. The Kier molecular flexibility index (Phi) is 4.43. The fourth-order valence-corrected chi connectivity index (χ4v) is 3.39. The molecule has 1 fully saturated rings. The number of carbonyl (C=O) groups is 1. The highest BCUT2D eigenvalue weighted by Gasteiger charge is 2.24. The van der Waals surface area contributed by atoms with Crippen molar-refractivity contribution in [3.05, 3.63) is 65.2 Å². The number of nitrogens with zero attached hydrogens (tertiary/aromatic N) is 1. The Bertz CT molecular complexity index is 743. The van der Waals surface area contributed by atoms with Crippen molar-refractivity contribution in [3.63, 3.8) is 0 Å². The second kappa shape index (κ2) is 6.66. The van der Waals surface area contributed by atoms with Crippen LogP contribution in [0.1, 0.15) is 53.6 Å². The lowest BCUT2D eigenvalue weighted by atomic mass is 9.90. The number of rotatable bonds is 3. The number of benzene rings is 2. The molecule has 116 valence electrons. The highest BCUT2D eigenvalue weighted by Crippen LogP contribution is 2.39. The molecule has 2 aromatic carbocycles. The van der Waals surface area contributed by atoms with Crippen molar-refractivity contribution >= 4 is 11.6 Å². The van der Waals surface area contributed by atoms with E-state index in [2.05, 4.69) is 24.4 Å². The molecule has 0 radical (unpaired) electrons. The molecule has 1 N–H and O–H groups in total. The zero-order valence-corrected chi connectivity index (χ0v) is 13.3. The van der Waals surface area contributed by atoms with Crippen molar-refractivity contribution in [2.75, 3.05) is 5.32 Å². The van der Waals surface area contributed by atoms with E-state index < -0.39 is 0 Å². The van der Waals surface area contributed by atoms with E-state index in [9.17, 15) is 4.79 Å². The summed E-state index contributed by atoms with van der Waals surface area (Å²) in [5.41, 5.74) is 3.13. The summed E-state index contributed by atoms with van der Waals surface area (Å²) in [5.74, 6) is 1.19. The molecule has 0 spiro atoms. The van der Waals surface area contributed by atoms with Gasteiger partial charge in [-0.05, 0) is 54.2 Å². The van der Waals surface area contributed by atoms with Crippen molar-refractivity contribution in [2.45, 2.75) is 32.1 Å². The van der Waals surface area contributed by atoms with Crippen LogP contribution < -0.4 is 5.32 Å². The fraction of sp³-hybridized carbons (Fsp3) is 0.300. The summed E-state index contributed by atoms with van der Waals surface area (Å²) in [6.45, 7) is 2.32. The van der Waals surface area contributed by atoms with Crippen LogP contribution in [0, 0.1) is 17.2 Å². The van der Waals surface area contributed by atoms with Gasteiger partial charge in [-0.15, -0.1) is 0 Å². The van der Waals surface area contributed by atoms with E-state index in [1.165, 1.54) is 24.8 Å². The molecule has 0 saturated heterocycles. The zero-order chi connectivity index (χ0) is 16.2. The molecule has 3 heteroatoms. The first-order valence-corrected chi connectivity index (χ1v) is 8.09. The molecule has 3 nitrogen and oxygen atoms in total. The Labute approximate surface area is 137 Å². The standard InChI is InChI=1S/C20H20N2O/c1-14-4-2-7-19(14)16-8-10-18(11-9-16)22-20(23)17-6-3-5-15(12-17)13-21/h3,5-6,8-12,14,19H,2,4,7H2,1H3,(H,22,23). The predicted molar refractivity (Wildman–Crippen MR) is 91.3 cm³/mol. The fourth-order valence-electron chi connectivity index (χ4n) is 3.39. The first kappa shape index (κ1) is 15.3. The van der Waals surface area contributed by atoms with Gasteiger partial charge in [0, 0.05) is 11.3 Å². The molecule has 0 aliphatic heterocycles. The van der Waals surface area contributed by atoms with Gasteiger partial charge in [0.2, 0.25) is 0 Å². The third kappa shape index (κ3) is 3.43. The van der Waals surface area contributed by atoms with E-state index in [0.717, 1.165) is 11.6 Å². The van der Waals surface area contributed by atoms with Gasteiger partial charge in [-0.25, -0.2) is 0 Å². The van der Waals surface area contributed by atoms with Gasteiger partial charge in [0.1, 0.15) is 0 Å². The van der Waals surface area contributed by atoms with Crippen LogP contribution in [0.5, 0.6) is 0 Å². The van der Waals surface area contributed by atoms with Crippen LogP contribution in [0.15, 0.2) is 48.5 Å². The molecular formula is C20H20N2O. The van der Waals surface area contributed by atoms with Gasteiger partial charge in [-0.3, -0.25) is 4.79 Å². The van der Waals surface area contributed by atoms with E-state index in [1.54, 1.807) is 24.3 Å². The predicted octanol–water partition coefficient (Wildman–Crippen LogP) is 4.71. The van der Waals surface area contributed by atoms with Crippen LogP contribution >= 0.6 is 0 Å². The van der Waals surface area contributed by atoms with Gasteiger partial charge >= 0.3 is 0 Å². The summed E-state index contributed by atoms with van der Waals surface area (Å²) in [7, 11) is 0. The molecule has 0 bridgehead atoms. The Morgan fingerprint density at radius 2 is 1.96 bits per heavy atom. The van der Waals surface area contributed by atoms with Gasteiger partial charge in [0.15, 0.2) is 0 Å². The Morgan fingerprint density at radius 1 is 1.17 bits per heavy atom. The van der Waals surface area contributed by atoms with Crippen molar-refractivity contribution < 1.29 is 4.79 Å². The van der Waals surface area contributed by atoms with Gasteiger partial charge in [-0.2, -0.15) is 5.26 Å². The molecule has 2 atom stereocenters. The zero-order valence-electron chi connectivity index (χ0n) is 13.3. The highest BCUT2D eigenvalue weighted by atomic mass is 16.1. The minimum Gasteiger partial charge on any atom is -0.322 e. The lowest BCUT2D eigenvalue weighted by Gasteiger charge is -2.16. The quantitative estimate of drug-likeness (QED) is 0.892. The van der Waals surface area contributed by atoms with Crippen molar-refractivity contribution in [1.82, 2.24) is 0 Å². The minimum atomic E-state index is -0.191. The average Bonchev–Trinajstić information content (AvgIpc) is 3.01. The largest absolute Gasteiger partial charge is 0.322 e. The molecule has 0 aromatic heterocycles. The third-order valence-electron chi connectivity index (χ3n) is 4.71. The number of hydrogen-bond acceptors (Lipinski definition) is 2. The maximum atomic E-state index is 12.3. The maximum absolute atomic E-state index is 12.3. The van der Waals surface area contributed by atoms with E-state index in [-0.39, 0.29) is 5.91 Å². The lowest BCUT2D eigenvalue weighted by Crippen LogP contribution is -2.12. The number of anilines is 1. The van der Waals surface area contributed by atoms with Crippen molar-refractivity contribution in [1.29, 1.82) is 5.26 Å². The smallest absolute Gasteiger partial charge is 0.255 e. The number of amides is 1. The Morgan fingerprint density at radius 3 is 2.61 bits per heavy atom. The summed E-state index contributed by atoms with van der Waals surface area (Å²) >= 11 is 0. The molecule has 1 aliphatic carbocycles. The number of carbonyl (C=O) groups excluding carboxylic acids is 1. The van der Waals surface area contributed by atoms with Gasteiger partial charge < -0.3 is 5.32 Å². The van der Waals surface area contributed by atoms with E-state index in [1.807, 2.05) is 18.2 Å². The van der Waals surface area contributed by atoms with Gasteiger partial charge in [-0.1, -0.05) is 38.0 Å². The molecule has 1 saturated carbocycles. The van der Waals surface area contributed by atoms with E-state index >= 15 is 0 Å². The molecule has 23 heavy (non-hydrogen) atoms. The Balaban J connectivity index is 1.70. The molecule has 0 heterocycles. The summed E-state index contributed by atoms with van der Waals surface area (Å²) < 4.78 is 0. The van der Waals surface area contributed by atoms with Gasteiger partial charge in [0.05, 0.1) is 11.6 Å². The van der Waals surface area contributed by atoms with Crippen LogP contribution in [0.25, 0.3) is 0 Å². The second-order valence-electron chi connectivity index (χ2n) is 6.28. The minimum absolute atomic E-state index is 0.191. The molecular weight excluding hydrogens is 284 g/mol. The summed E-state index contributed by atoms with van der Waals surface area (Å²) in [6.07, 6.45) is 3.87. The maximum Gasteiger partial charge on any atom is 0.255 e. The summed E-state index contributed by atoms with van der Waals surface area (Å²) in [4.78, 5) is 12.3. The summed E-state index contributed by atoms with van der Waals surface area (Å²) in [6, 6.07) is 16.9.